The highest BCUT2D eigenvalue weighted by Crippen LogP contribution is 2.40. The molecule has 8 nitrogen and oxygen atoms in total. The third-order valence-electron chi connectivity index (χ3n) is 2.90. The number of carboxylic acids is 1. The van der Waals surface area contributed by atoms with Crippen LogP contribution in [0.4, 0.5) is 0 Å². The van der Waals surface area contributed by atoms with Crippen molar-refractivity contribution in [3.8, 4) is 0 Å². The summed E-state index contributed by atoms with van der Waals surface area (Å²) in [6.45, 7) is 0.107. The molecular formula is C8H11N5O3. The maximum Gasteiger partial charge on any atom is 0.311 e. The number of aromatic amines is 1. The van der Waals surface area contributed by atoms with Crippen LogP contribution in [0.1, 0.15) is 29.9 Å². The Morgan fingerprint density at radius 3 is 2.69 bits per heavy atom. The van der Waals surface area contributed by atoms with Crippen LogP contribution in [0.3, 0.4) is 0 Å². The molecule has 0 unspecified atom stereocenters. The number of rotatable bonds is 4. The maximum atomic E-state index is 11.4. The van der Waals surface area contributed by atoms with Crippen LogP contribution in [0.2, 0.25) is 0 Å². The van der Waals surface area contributed by atoms with Gasteiger partial charge in [0.2, 0.25) is 0 Å². The first kappa shape index (κ1) is 10.5. The van der Waals surface area contributed by atoms with Crippen molar-refractivity contribution in [2.75, 3.05) is 6.54 Å². The van der Waals surface area contributed by atoms with Crippen LogP contribution in [-0.4, -0.2) is 44.2 Å². The number of carboxylic acid groups (broad SMARTS) is 1. The Morgan fingerprint density at radius 1 is 1.50 bits per heavy atom. The molecule has 1 aromatic heterocycles. The van der Waals surface area contributed by atoms with E-state index in [1.54, 1.807) is 0 Å². The molecule has 1 aliphatic rings. The van der Waals surface area contributed by atoms with Gasteiger partial charge in [0.05, 0.1) is 5.41 Å². The number of H-pyrrole nitrogens is 1. The fourth-order valence-corrected chi connectivity index (χ4v) is 1.66. The Kier molecular flexibility index (Phi) is 2.55. The first-order valence-corrected chi connectivity index (χ1v) is 4.89. The van der Waals surface area contributed by atoms with Crippen molar-refractivity contribution < 1.29 is 14.7 Å². The molecule has 0 aromatic carbocycles. The van der Waals surface area contributed by atoms with E-state index < -0.39 is 17.3 Å². The zero-order chi connectivity index (χ0) is 11.6. The zero-order valence-electron chi connectivity index (χ0n) is 8.43. The van der Waals surface area contributed by atoms with E-state index in [2.05, 4.69) is 25.9 Å². The average Bonchev–Trinajstić information content (AvgIpc) is 2.67. The molecule has 1 fully saturated rings. The van der Waals surface area contributed by atoms with Crippen LogP contribution in [0.25, 0.3) is 0 Å². The number of hydrogen-bond acceptors (Lipinski definition) is 5. The molecule has 86 valence electrons. The Balaban J connectivity index is 1.92. The van der Waals surface area contributed by atoms with Crippen LogP contribution >= 0.6 is 0 Å². The molecule has 16 heavy (non-hydrogen) atoms. The van der Waals surface area contributed by atoms with Gasteiger partial charge in [0, 0.05) is 6.54 Å². The lowest BCUT2D eigenvalue weighted by atomic mass is 9.69. The van der Waals surface area contributed by atoms with E-state index in [0.29, 0.717) is 12.8 Å². The molecule has 0 saturated heterocycles. The van der Waals surface area contributed by atoms with Gasteiger partial charge in [-0.15, -0.1) is 10.2 Å². The molecule has 1 heterocycles. The number of tetrazole rings is 1. The van der Waals surface area contributed by atoms with Gasteiger partial charge in [-0.05, 0) is 18.1 Å². The second-order valence-corrected chi connectivity index (χ2v) is 3.86. The number of hydrogen-bond donors (Lipinski definition) is 3. The topological polar surface area (TPSA) is 121 Å². The number of carbonyl (C=O) groups is 2. The number of carbonyl (C=O) groups excluding carboxylic acids is 1. The summed E-state index contributed by atoms with van der Waals surface area (Å²) in [5, 5.41) is 23.9. The molecule has 0 atom stereocenters. The predicted molar refractivity (Wildman–Crippen MR) is 50.4 cm³/mol. The van der Waals surface area contributed by atoms with Gasteiger partial charge in [0.15, 0.2) is 0 Å². The van der Waals surface area contributed by atoms with Crippen molar-refractivity contribution in [3.63, 3.8) is 0 Å². The lowest BCUT2D eigenvalue weighted by molar-refractivity contribution is -0.153. The standard InChI is InChI=1S/C8H11N5O3/c14-6(5-10-12-13-11-5)9-4-8(7(15)16)2-1-3-8/h1-4H2,(H,9,14)(H,15,16)(H,10,11,12,13). The fraction of sp³-hybridized carbons (Fsp3) is 0.625. The molecule has 0 radical (unpaired) electrons. The molecule has 0 bridgehead atoms. The van der Waals surface area contributed by atoms with E-state index in [1.165, 1.54) is 0 Å². The lowest BCUT2D eigenvalue weighted by Crippen LogP contribution is -2.47. The van der Waals surface area contributed by atoms with Gasteiger partial charge in [-0.1, -0.05) is 6.42 Å². The summed E-state index contributed by atoms with van der Waals surface area (Å²) in [6.07, 6.45) is 2.06. The van der Waals surface area contributed by atoms with Gasteiger partial charge < -0.3 is 10.4 Å². The number of aliphatic carboxylic acids is 1. The van der Waals surface area contributed by atoms with Crippen molar-refractivity contribution in [2.45, 2.75) is 19.3 Å². The smallest absolute Gasteiger partial charge is 0.311 e. The van der Waals surface area contributed by atoms with Gasteiger partial charge in [-0.3, -0.25) is 9.59 Å². The molecule has 0 spiro atoms. The minimum absolute atomic E-state index is 0.0835. The zero-order valence-corrected chi connectivity index (χ0v) is 8.43. The van der Waals surface area contributed by atoms with Gasteiger partial charge in [-0.2, -0.15) is 5.21 Å². The van der Waals surface area contributed by atoms with Crippen molar-refractivity contribution in [1.82, 2.24) is 25.9 Å². The molecule has 1 aliphatic carbocycles. The summed E-state index contributed by atoms with van der Waals surface area (Å²) >= 11 is 0. The third-order valence-corrected chi connectivity index (χ3v) is 2.90. The highest BCUT2D eigenvalue weighted by molar-refractivity contribution is 5.90. The van der Waals surface area contributed by atoms with Crippen LogP contribution in [0.5, 0.6) is 0 Å². The summed E-state index contributed by atoms with van der Waals surface area (Å²) in [5.41, 5.74) is -0.806. The molecule has 3 N–H and O–H groups in total. The SMILES string of the molecule is O=C(NCC1(C(=O)O)CCC1)c1nn[nH]n1. The van der Waals surface area contributed by atoms with Crippen LogP contribution in [0.15, 0.2) is 0 Å². The minimum atomic E-state index is -0.868. The molecule has 0 aliphatic heterocycles. The predicted octanol–water partition coefficient (Wildman–Crippen LogP) is -0.816. The van der Waals surface area contributed by atoms with Crippen molar-refractivity contribution in [3.05, 3.63) is 5.82 Å². The quantitative estimate of drug-likeness (QED) is 0.615. The summed E-state index contributed by atoms with van der Waals surface area (Å²) in [7, 11) is 0. The Bertz CT molecular complexity index is 398. The van der Waals surface area contributed by atoms with Gasteiger partial charge in [-0.25, -0.2) is 0 Å². The van der Waals surface area contributed by atoms with E-state index in [1.807, 2.05) is 0 Å². The van der Waals surface area contributed by atoms with Gasteiger partial charge in [0.25, 0.3) is 11.7 Å². The highest BCUT2D eigenvalue weighted by atomic mass is 16.4. The van der Waals surface area contributed by atoms with Crippen molar-refractivity contribution in [1.29, 1.82) is 0 Å². The lowest BCUT2D eigenvalue weighted by Gasteiger charge is -2.37. The van der Waals surface area contributed by atoms with E-state index in [0.717, 1.165) is 6.42 Å². The van der Waals surface area contributed by atoms with E-state index >= 15 is 0 Å². The highest BCUT2D eigenvalue weighted by Gasteiger charge is 2.44. The summed E-state index contributed by atoms with van der Waals surface area (Å²) in [6, 6.07) is 0. The first-order chi connectivity index (χ1) is 7.64. The largest absolute Gasteiger partial charge is 0.481 e. The monoisotopic (exact) mass is 225 g/mol. The summed E-state index contributed by atoms with van der Waals surface area (Å²) in [4.78, 5) is 22.4. The van der Waals surface area contributed by atoms with Crippen molar-refractivity contribution >= 4 is 11.9 Å². The molecule has 1 aromatic rings. The fourth-order valence-electron chi connectivity index (χ4n) is 1.66. The maximum absolute atomic E-state index is 11.4. The second kappa shape index (κ2) is 3.87. The molecular weight excluding hydrogens is 214 g/mol. The Morgan fingerprint density at radius 2 is 2.25 bits per heavy atom. The number of amides is 1. The Hall–Kier alpha value is -1.99. The van der Waals surface area contributed by atoms with E-state index in [4.69, 9.17) is 5.11 Å². The summed E-state index contributed by atoms with van der Waals surface area (Å²) < 4.78 is 0. The van der Waals surface area contributed by atoms with Crippen LogP contribution < -0.4 is 5.32 Å². The Labute approximate surface area is 90.4 Å². The molecule has 2 rings (SSSR count). The molecule has 8 heteroatoms. The first-order valence-electron chi connectivity index (χ1n) is 4.89. The number of aromatic nitrogens is 4. The average molecular weight is 225 g/mol. The minimum Gasteiger partial charge on any atom is -0.481 e. The third kappa shape index (κ3) is 1.73. The van der Waals surface area contributed by atoms with Gasteiger partial charge >= 0.3 is 5.97 Å². The van der Waals surface area contributed by atoms with E-state index in [9.17, 15) is 9.59 Å². The van der Waals surface area contributed by atoms with Crippen LogP contribution in [0, 0.1) is 5.41 Å². The van der Waals surface area contributed by atoms with E-state index in [-0.39, 0.29) is 12.4 Å². The van der Waals surface area contributed by atoms with Crippen molar-refractivity contribution in [2.24, 2.45) is 5.41 Å². The molecule has 1 amide bonds. The normalized spacial score (nSPS) is 17.5. The summed E-state index contributed by atoms with van der Waals surface area (Å²) in [5.74, 6) is -1.46. The molecule has 1 saturated carbocycles. The number of nitrogens with one attached hydrogen (secondary N) is 2. The van der Waals surface area contributed by atoms with Gasteiger partial charge in [0.1, 0.15) is 0 Å². The van der Waals surface area contributed by atoms with Crippen LogP contribution in [-0.2, 0) is 4.79 Å². The second-order valence-electron chi connectivity index (χ2n) is 3.86. The number of nitrogens with zero attached hydrogens (tertiary/aromatic N) is 3.